The number of pyridine rings is 1. The third-order valence-corrected chi connectivity index (χ3v) is 7.98. The molecule has 0 aliphatic carbocycles. The molecule has 1 saturated heterocycles. The summed E-state index contributed by atoms with van der Waals surface area (Å²) in [6.07, 6.45) is 5.67. The monoisotopic (exact) mass is 478 g/mol. The fourth-order valence-corrected chi connectivity index (χ4v) is 6.10. The van der Waals surface area contributed by atoms with Crippen molar-refractivity contribution in [3.63, 3.8) is 0 Å². The Morgan fingerprint density at radius 3 is 2.81 bits per heavy atom. The number of fused-ring (bicyclic) bond motifs is 2. The van der Waals surface area contributed by atoms with E-state index in [1.54, 1.807) is 0 Å². The molecule has 2 aromatic carbocycles. The summed E-state index contributed by atoms with van der Waals surface area (Å²) in [7, 11) is 0. The Labute approximate surface area is 213 Å². The first-order valence-electron chi connectivity index (χ1n) is 13.2. The summed E-state index contributed by atoms with van der Waals surface area (Å²) in [6.45, 7) is 8.72. The van der Waals surface area contributed by atoms with Gasteiger partial charge in [0.2, 0.25) is 5.91 Å². The van der Waals surface area contributed by atoms with Gasteiger partial charge in [0.25, 0.3) is 0 Å². The molecule has 3 aliphatic heterocycles. The minimum Gasteiger partial charge on any atom is -0.334 e. The molecule has 4 heterocycles. The molecule has 184 valence electrons. The Hall–Kier alpha value is -3.31. The van der Waals surface area contributed by atoms with E-state index < -0.39 is 0 Å². The number of benzene rings is 2. The summed E-state index contributed by atoms with van der Waals surface area (Å²) in [5.74, 6) is 0.275. The van der Waals surface area contributed by atoms with Crippen molar-refractivity contribution in [1.29, 1.82) is 0 Å². The van der Waals surface area contributed by atoms with Crippen molar-refractivity contribution in [3.05, 3.63) is 99.4 Å². The highest BCUT2D eigenvalue weighted by atomic mass is 16.2. The molecule has 3 aliphatic rings. The SMILES string of the molecule is Cc1cccc(CCN2CCC[C@@H](N3Cc4cc5c(cc4CC3=O)CN=C5c3ccnc(C)c3)C2)c1. The number of aryl methyl sites for hydroxylation is 2. The number of hydrogen-bond acceptors (Lipinski definition) is 4. The zero-order chi connectivity index (χ0) is 24.6. The van der Waals surface area contributed by atoms with Crippen LogP contribution < -0.4 is 0 Å². The van der Waals surface area contributed by atoms with Crippen LogP contribution in [-0.4, -0.2) is 52.1 Å². The Kier molecular flexibility index (Phi) is 6.18. The Morgan fingerprint density at radius 1 is 1.03 bits per heavy atom. The Balaban J connectivity index is 1.18. The molecule has 1 aromatic heterocycles. The molecule has 0 bridgehead atoms. The van der Waals surface area contributed by atoms with Crippen LogP contribution in [0.1, 0.15) is 57.5 Å². The second-order valence-corrected chi connectivity index (χ2v) is 10.7. The van der Waals surface area contributed by atoms with E-state index in [1.165, 1.54) is 33.4 Å². The molecule has 0 N–H and O–H groups in total. The highest BCUT2D eigenvalue weighted by molar-refractivity contribution is 6.15. The molecule has 6 rings (SSSR count). The number of carbonyl (C=O) groups excluding carboxylic acids is 1. The molecule has 36 heavy (non-hydrogen) atoms. The van der Waals surface area contributed by atoms with Crippen LogP contribution in [0.5, 0.6) is 0 Å². The molecule has 0 radical (unpaired) electrons. The number of hydrogen-bond donors (Lipinski definition) is 0. The summed E-state index contributed by atoms with van der Waals surface area (Å²) < 4.78 is 0. The van der Waals surface area contributed by atoms with Crippen LogP contribution in [0.3, 0.4) is 0 Å². The second kappa shape index (κ2) is 9.62. The van der Waals surface area contributed by atoms with E-state index in [-0.39, 0.29) is 5.91 Å². The van der Waals surface area contributed by atoms with E-state index in [1.807, 2.05) is 19.2 Å². The van der Waals surface area contributed by atoms with Gasteiger partial charge in [0.1, 0.15) is 0 Å². The van der Waals surface area contributed by atoms with E-state index in [4.69, 9.17) is 4.99 Å². The molecule has 0 spiro atoms. The van der Waals surface area contributed by atoms with Crippen molar-refractivity contribution >= 4 is 11.6 Å². The van der Waals surface area contributed by atoms with Gasteiger partial charge in [0.05, 0.1) is 18.7 Å². The standard InChI is InChI=1S/C31H34N4O/c1-21-5-3-6-23(13-21)9-12-34-11-4-7-28(20-34)35-19-27-16-29-26(15-25(27)17-30(35)36)18-33-31(29)24-8-10-32-22(2)14-24/h3,5-6,8,10,13-16,28H,4,7,9,11-12,17-20H2,1-2H3/t28-/m1/s1. The van der Waals surface area contributed by atoms with Crippen LogP contribution in [0.25, 0.3) is 0 Å². The lowest BCUT2D eigenvalue weighted by Gasteiger charge is -2.41. The molecule has 5 nitrogen and oxygen atoms in total. The van der Waals surface area contributed by atoms with Crippen LogP contribution in [-0.2, 0) is 30.7 Å². The topological polar surface area (TPSA) is 48.8 Å². The number of aromatic nitrogens is 1. The highest BCUT2D eigenvalue weighted by Crippen LogP contribution is 2.32. The zero-order valence-electron chi connectivity index (χ0n) is 21.3. The van der Waals surface area contributed by atoms with E-state index in [2.05, 4.69) is 64.2 Å². The van der Waals surface area contributed by atoms with Gasteiger partial charge < -0.3 is 9.80 Å². The van der Waals surface area contributed by atoms with Gasteiger partial charge in [-0.2, -0.15) is 0 Å². The van der Waals surface area contributed by atoms with Crippen molar-refractivity contribution in [2.24, 2.45) is 4.99 Å². The summed E-state index contributed by atoms with van der Waals surface area (Å²) >= 11 is 0. The van der Waals surface area contributed by atoms with Crippen LogP contribution in [0.2, 0.25) is 0 Å². The van der Waals surface area contributed by atoms with Crippen molar-refractivity contribution in [2.75, 3.05) is 19.6 Å². The Morgan fingerprint density at radius 2 is 1.94 bits per heavy atom. The maximum Gasteiger partial charge on any atom is 0.227 e. The van der Waals surface area contributed by atoms with Gasteiger partial charge in [0.15, 0.2) is 0 Å². The van der Waals surface area contributed by atoms with Gasteiger partial charge in [-0.15, -0.1) is 0 Å². The maximum atomic E-state index is 13.3. The first-order chi connectivity index (χ1) is 17.5. The summed E-state index contributed by atoms with van der Waals surface area (Å²) in [4.78, 5) is 27.2. The summed E-state index contributed by atoms with van der Waals surface area (Å²) in [5.41, 5.74) is 10.8. The first-order valence-corrected chi connectivity index (χ1v) is 13.2. The lowest BCUT2D eigenvalue weighted by molar-refractivity contribution is -0.135. The average molecular weight is 479 g/mol. The van der Waals surface area contributed by atoms with Crippen LogP contribution in [0, 0.1) is 13.8 Å². The van der Waals surface area contributed by atoms with E-state index in [0.717, 1.165) is 55.9 Å². The van der Waals surface area contributed by atoms with Gasteiger partial charge in [-0.25, -0.2) is 0 Å². The fraction of sp³-hybridized carbons (Fsp3) is 0.387. The molecule has 3 aromatic rings. The smallest absolute Gasteiger partial charge is 0.227 e. The number of amides is 1. The van der Waals surface area contributed by atoms with Gasteiger partial charge in [-0.05, 0) is 80.1 Å². The third-order valence-electron chi connectivity index (χ3n) is 7.98. The van der Waals surface area contributed by atoms with Gasteiger partial charge in [0, 0.05) is 48.7 Å². The van der Waals surface area contributed by atoms with Crippen molar-refractivity contribution in [3.8, 4) is 0 Å². The fourth-order valence-electron chi connectivity index (χ4n) is 6.10. The molecule has 1 fully saturated rings. The molecular formula is C31H34N4O. The zero-order valence-corrected chi connectivity index (χ0v) is 21.3. The highest BCUT2D eigenvalue weighted by Gasteiger charge is 2.33. The minimum absolute atomic E-state index is 0.275. The lowest BCUT2D eigenvalue weighted by Crippen LogP contribution is -2.52. The maximum absolute atomic E-state index is 13.3. The molecule has 0 saturated carbocycles. The molecule has 1 amide bonds. The van der Waals surface area contributed by atoms with E-state index in [0.29, 0.717) is 25.6 Å². The second-order valence-electron chi connectivity index (χ2n) is 10.7. The number of likely N-dealkylation sites (tertiary alicyclic amines) is 1. The van der Waals surface area contributed by atoms with E-state index >= 15 is 0 Å². The summed E-state index contributed by atoms with van der Waals surface area (Å²) in [6, 6.07) is 17.8. The molecule has 1 atom stereocenters. The number of nitrogens with zero attached hydrogens (tertiary/aromatic N) is 4. The Bertz CT molecular complexity index is 1340. The average Bonchev–Trinajstić information content (AvgIpc) is 3.29. The number of rotatable bonds is 5. The van der Waals surface area contributed by atoms with Crippen molar-refractivity contribution in [1.82, 2.24) is 14.8 Å². The summed E-state index contributed by atoms with van der Waals surface area (Å²) in [5, 5.41) is 0. The van der Waals surface area contributed by atoms with Gasteiger partial charge in [-0.1, -0.05) is 35.9 Å². The van der Waals surface area contributed by atoms with Crippen LogP contribution in [0.4, 0.5) is 0 Å². The van der Waals surface area contributed by atoms with Crippen molar-refractivity contribution in [2.45, 2.75) is 58.7 Å². The molecule has 5 heteroatoms. The van der Waals surface area contributed by atoms with Gasteiger partial charge >= 0.3 is 0 Å². The number of aliphatic imine (C=N–C) groups is 1. The lowest BCUT2D eigenvalue weighted by atomic mass is 9.90. The molecule has 0 unspecified atom stereocenters. The molecular weight excluding hydrogens is 444 g/mol. The van der Waals surface area contributed by atoms with Crippen molar-refractivity contribution < 1.29 is 4.79 Å². The largest absolute Gasteiger partial charge is 0.334 e. The number of piperidine rings is 1. The van der Waals surface area contributed by atoms with Gasteiger partial charge in [-0.3, -0.25) is 14.8 Å². The van der Waals surface area contributed by atoms with Crippen LogP contribution in [0.15, 0.2) is 59.7 Å². The normalized spacial score (nSPS) is 19.7. The number of carbonyl (C=O) groups is 1. The predicted octanol–water partition coefficient (Wildman–Crippen LogP) is 4.64. The first kappa shape index (κ1) is 23.1. The predicted molar refractivity (Wildman–Crippen MR) is 143 cm³/mol. The quantitative estimate of drug-likeness (QED) is 0.537. The van der Waals surface area contributed by atoms with Crippen LogP contribution >= 0.6 is 0 Å². The van der Waals surface area contributed by atoms with E-state index in [9.17, 15) is 4.79 Å². The third kappa shape index (κ3) is 4.60. The minimum atomic E-state index is 0.275.